The van der Waals surface area contributed by atoms with Crippen molar-refractivity contribution in [2.45, 2.75) is 13.8 Å². The molecule has 0 radical (unpaired) electrons. The average Bonchev–Trinajstić information content (AvgIpc) is 2.62. The maximum absolute atomic E-state index is 12.2. The van der Waals surface area contributed by atoms with Crippen molar-refractivity contribution in [3.63, 3.8) is 0 Å². The Balaban J connectivity index is 2.01. The van der Waals surface area contributed by atoms with Crippen LogP contribution in [0.3, 0.4) is 0 Å². The van der Waals surface area contributed by atoms with E-state index in [1.165, 1.54) is 13.0 Å². The van der Waals surface area contributed by atoms with Crippen molar-refractivity contribution in [1.82, 2.24) is 5.32 Å². The van der Waals surface area contributed by atoms with Gasteiger partial charge in [-0.25, -0.2) is 4.79 Å². The molecule has 2 aromatic rings. The Morgan fingerprint density at radius 2 is 1.81 bits per heavy atom. The Hall–Kier alpha value is -3.12. The first-order valence-electron chi connectivity index (χ1n) is 8.12. The van der Waals surface area contributed by atoms with E-state index in [1.54, 1.807) is 42.5 Å². The quantitative estimate of drug-likeness (QED) is 0.589. The van der Waals surface area contributed by atoms with Crippen molar-refractivity contribution < 1.29 is 19.1 Å². The number of ether oxygens (including phenoxy) is 1. The van der Waals surface area contributed by atoms with Gasteiger partial charge < -0.3 is 15.4 Å². The number of halogens is 1. The Bertz CT molecular complexity index is 879. The first-order valence-corrected chi connectivity index (χ1v) is 8.50. The van der Waals surface area contributed by atoms with Crippen LogP contribution in [-0.4, -0.2) is 24.4 Å². The van der Waals surface area contributed by atoms with E-state index in [1.807, 2.05) is 13.0 Å². The summed E-state index contributed by atoms with van der Waals surface area (Å²) < 4.78 is 5.00. The zero-order chi connectivity index (χ0) is 19.8. The standard InChI is InChI=1S/C20H19ClN2O4/c1-13-8-9-17(16(21)10-13)23-19(25)12-27-20(26)18(22-14(2)24)11-15-6-4-3-5-7-15/h3-11H,12H2,1-2H3,(H,22,24)(H,23,25)/b18-11-. The minimum Gasteiger partial charge on any atom is -0.451 e. The predicted molar refractivity (Wildman–Crippen MR) is 104 cm³/mol. The number of hydrogen-bond donors (Lipinski definition) is 2. The molecular weight excluding hydrogens is 368 g/mol. The van der Waals surface area contributed by atoms with E-state index in [2.05, 4.69) is 10.6 Å². The highest BCUT2D eigenvalue weighted by atomic mass is 35.5. The number of amides is 2. The maximum atomic E-state index is 12.2. The fraction of sp³-hybridized carbons (Fsp3) is 0.150. The molecule has 0 saturated carbocycles. The van der Waals surface area contributed by atoms with Gasteiger partial charge in [-0.2, -0.15) is 0 Å². The third kappa shape index (κ3) is 6.60. The Morgan fingerprint density at radius 3 is 2.44 bits per heavy atom. The summed E-state index contributed by atoms with van der Waals surface area (Å²) in [6, 6.07) is 14.1. The minimum absolute atomic E-state index is 0.0603. The van der Waals surface area contributed by atoms with Gasteiger partial charge in [-0.1, -0.05) is 48.0 Å². The van der Waals surface area contributed by atoms with Gasteiger partial charge in [0.1, 0.15) is 5.70 Å². The van der Waals surface area contributed by atoms with E-state index in [4.69, 9.17) is 16.3 Å². The van der Waals surface area contributed by atoms with Crippen molar-refractivity contribution >= 4 is 41.1 Å². The summed E-state index contributed by atoms with van der Waals surface area (Å²) in [4.78, 5) is 35.6. The van der Waals surface area contributed by atoms with Gasteiger partial charge in [0.2, 0.25) is 5.91 Å². The minimum atomic E-state index is -0.820. The molecule has 0 bridgehead atoms. The monoisotopic (exact) mass is 386 g/mol. The van der Waals surface area contributed by atoms with Crippen LogP contribution in [0, 0.1) is 6.92 Å². The third-order valence-corrected chi connectivity index (χ3v) is 3.69. The Morgan fingerprint density at radius 1 is 1.11 bits per heavy atom. The van der Waals surface area contributed by atoms with Crippen LogP contribution in [0.1, 0.15) is 18.1 Å². The molecule has 7 heteroatoms. The molecule has 6 nitrogen and oxygen atoms in total. The van der Waals surface area contributed by atoms with Gasteiger partial charge in [0.15, 0.2) is 6.61 Å². The maximum Gasteiger partial charge on any atom is 0.355 e. The molecule has 140 valence electrons. The molecule has 0 aliphatic heterocycles. The van der Waals surface area contributed by atoms with Crippen molar-refractivity contribution in [1.29, 1.82) is 0 Å². The van der Waals surface area contributed by atoms with Crippen LogP contribution in [0.25, 0.3) is 6.08 Å². The molecule has 0 aromatic heterocycles. The number of esters is 1. The number of hydrogen-bond acceptors (Lipinski definition) is 4. The van der Waals surface area contributed by atoms with E-state index in [-0.39, 0.29) is 5.70 Å². The van der Waals surface area contributed by atoms with Crippen LogP contribution in [-0.2, 0) is 19.1 Å². The van der Waals surface area contributed by atoms with Crippen molar-refractivity contribution in [3.8, 4) is 0 Å². The summed E-state index contributed by atoms with van der Waals surface area (Å²) >= 11 is 6.06. The molecule has 0 atom stereocenters. The van der Waals surface area contributed by atoms with E-state index < -0.39 is 24.4 Å². The van der Waals surface area contributed by atoms with Gasteiger partial charge in [0.05, 0.1) is 10.7 Å². The van der Waals surface area contributed by atoms with Gasteiger partial charge in [-0.15, -0.1) is 0 Å². The molecule has 0 unspecified atom stereocenters. The van der Waals surface area contributed by atoms with Crippen molar-refractivity contribution in [2.24, 2.45) is 0 Å². The second-order valence-electron chi connectivity index (χ2n) is 5.76. The molecule has 0 aliphatic rings. The highest BCUT2D eigenvalue weighted by Gasteiger charge is 2.15. The smallest absolute Gasteiger partial charge is 0.355 e. The number of anilines is 1. The number of carbonyl (C=O) groups excluding carboxylic acids is 3. The number of nitrogens with one attached hydrogen (secondary N) is 2. The van der Waals surface area contributed by atoms with E-state index in [0.717, 1.165) is 5.56 Å². The molecule has 0 spiro atoms. The summed E-state index contributed by atoms with van der Waals surface area (Å²) in [6.45, 7) is 2.63. The van der Waals surface area contributed by atoms with Gasteiger partial charge >= 0.3 is 5.97 Å². The zero-order valence-electron chi connectivity index (χ0n) is 14.9. The van der Waals surface area contributed by atoms with Crippen LogP contribution in [0.4, 0.5) is 5.69 Å². The number of benzene rings is 2. The molecule has 2 amide bonds. The predicted octanol–water partition coefficient (Wildman–Crippen LogP) is 3.31. The summed E-state index contributed by atoms with van der Waals surface area (Å²) in [5.41, 5.74) is 2.02. The molecular formula is C20H19ClN2O4. The molecule has 27 heavy (non-hydrogen) atoms. The average molecular weight is 387 g/mol. The lowest BCUT2D eigenvalue weighted by molar-refractivity contribution is -0.144. The second-order valence-corrected chi connectivity index (χ2v) is 6.16. The van der Waals surface area contributed by atoms with Gasteiger partial charge in [0.25, 0.3) is 5.91 Å². The first kappa shape index (κ1) is 20.2. The van der Waals surface area contributed by atoms with Crippen molar-refractivity contribution in [3.05, 3.63) is 70.4 Å². The van der Waals surface area contributed by atoms with E-state index >= 15 is 0 Å². The van der Waals surface area contributed by atoms with E-state index in [0.29, 0.717) is 16.3 Å². The number of carbonyl (C=O) groups is 3. The fourth-order valence-corrected chi connectivity index (χ4v) is 2.45. The zero-order valence-corrected chi connectivity index (χ0v) is 15.7. The Kier molecular flexibility index (Phi) is 7.14. The van der Waals surface area contributed by atoms with Gasteiger partial charge in [0, 0.05) is 6.92 Å². The molecule has 0 saturated heterocycles. The Labute approximate surface area is 162 Å². The van der Waals surface area contributed by atoms with Crippen molar-refractivity contribution in [2.75, 3.05) is 11.9 Å². The van der Waals surface area contributed by atoms with Crippen LogP contribution in [0.5, 0.6) is 0 Å². The van der Waals surface area contributed by atoms with E-state index in [9.17, 15) is 14.4 Å². The highest BCUT2D eigenvalue weighted by Crippen LogP contribution is 2.22. The lowest BCUT2D eigenvalue weighted by Gasteiger charge is -2.10. The largest absolute Gasteiger partial charge is 0.451 e. The molecule has 0 aliphatic carbocycles. The lowest BCUT2D eigenvalue weighted by Crippen LogP contribution is -2.28. The summed E-state index contributed by atoms with van der Waals surface area (Å²) in [7, 11) is 0. The SMILES string of the molecule is CC(=O)N/C(=C\c1ccccc1)C(=O)OCC(=O)Nc1ccc(C)cc1Cl. The normalized spacial score (nSPS) is 10.9. The topological polar surface area (TPSA) is 84.5 Å². The van der Waals surface area contributed by atoms with Crippen LogP contribution >= 0.6 is 11.6 Å². The summed E-state index contributed by atoms with van der Waals surface area (Å²) in [5.74, 6) is -1.79. The van der Waals surface area contributed by atoms with Crippen LogP contribution in [0.2, 0.25) is 5.02 Å². The number of aryl methyl sites for hydroxylation is 1. The molecule has 0 fully saturated rings. The summed E-state index contributed by atoms with van der Waals surface area (Å²) in [5, 5.41) is 5.37. The number of rotatable bonds is 6. The summed E-state index contributed by atoms with van der Waals surface area (Å²) in [6.07, 6.45) is 1.47. The first-order chi connectivity index (χ1) is 12.8. The van der Waals surface area contributed by atoms with Crippen LogP contribution in [0.15, 0.2) is 54.2 Å². The second kappa shape index (κ2) is 9.54. The molecule has 2 N–H and O–H groups in total. The molecule has 2 aromatic carbocycles. The molecule has 2 rings (SSSR count). The lowest BCUT2D eigenvalue weighted by atomic mass is 10.2. The molecule has 0 heterocycles. The third-order valence-electron chi connectivity index (χ3n) is 3.37. The highest BCUT2D eigenvalue weighted by molar-refractivity contribution is 6.33. The van der Waals surface area contributed by atoms with Gasteiger partial charge in [-0.05, 0) is 36.3 Å². The van der Waals surface area contributed by atoms with Crippen LogP contribution < -0.4 is 10.6 Å². The fourth-order valence-electron chi connectivity index (χ4n) is 2.17. The van der Waals surface area contributed by atoms with Gasteiger partial charge in [-0.3, -0.25) is 9.59 Å².